The van der Waals surface area contributed by atoms with Gasteiger partial charge in [0.2, 0.25) is 0 Å². The van der Waals surface area contributed by atoms with Gasteiger partial charge in [-0.15, -0.1) is 16.4 Å². The molecule has 172 valence electrons. The summed E-state index contributed by atoms with van der Waals surface area (Å²) in [5.74, 6) is 0. The van der Waals surface area contributed by atoms with E-state index in [4.69, 9.17) is 38.4 Å². The van der Waals surface area contributed by atoms with Gasteiger partial charge in [-0.25, -0.2) is 9.67 Å². The van der Waals surface area contributed by atoms with Crippen LogP contribution in [0.5, 0.6) is 0 Å². The molecule has 1 aliphatic rings. The van der Waals surface area contributed by atoms with Gasteiger partial charge in [0.05, 0.1) is 22.8 Å². The normalized spacial score (nSPS) is 25.8. The number of anilines is 1. The van der Waals surface area contributed by atoms with Gasteiger partial charge in [-0.2, -0.15) is 0 Å². The maximum Gasteiger partial charge on any atom is 0.180 e. The number of nitrogen functional groups attached to an aromatic ring is 1. The predicted molar refractivity (Wildman–Crippen MR) is 124 cm³/mol. The van der Waals surface area contributed by atoms with Crippen LogP contribution in [-0.2, 0) is 9.47 Å². The van der Waals surface area contributed by atoms with Crippen LogP contribution < -0.4 is 5.73 Å². The lowest BCUT2D eigenvalue weighted by Gasteiger charge is -2.43. The first-order chi connectivity index (χ1) is 15.4. The van der Waals surface area contributed by atoms with Crippen LogP contribution in [0.25, 0.3) is 11.4 Å². The minimum absolute atomic E-state index is 0.376. The first kappa shape index (κ1) is 23.7. The van der Waals surface area contributed by atoms with Crippen molar-refractivity contribution in [1.29, 1.82) is 0 Å². The van der Waals surface area contributed by atoms with Gasteiger partial charge in [-0.05, 0) is 25.1 Å². The van der Waals surface area contributed by atoms with Crippen LogP contribution >= 0.6 is 46.3 Å². The van der Waals surface area contributed by atoms with E-state index >= 15 is 0 Å². The molecule has 3 unspecified atom stereocenters. The second-order valence-electron chi connectivity index (χ2n) is 6.98. The summed E-state index contributed by atoms with van der Waals surface area (Å²) >= 11 is 14.9. The maximum absolute atomic E-state index is 11.0. The predicted octanol–water partition coefficient (Wildman–Crippen LogP) is 3.11. The summed E-state index contributed by atoms with van der Waals surface area (Å²) in [7, 11) is 0. The van der Waals surface area contributed by atoms with E-state index in [-0.39, 0.29) is 6.61 Å². The molecule has 0 amide bonds. The fourth-order valence-corrected chi connectivity index (χ4v) is 5.55. The molecule has 0 spiro atoms. The van der Waals surface area contributed by atoms with Gasteiger partial charge in [0.15, 0.2) is 5.13 Å². The number of aromatic nitrogens is 4. The summed E-state index contributed by atoms with van der Waals surface area (Å²) in [6, 6.07) is 4.58. The standard InChI is InChI=1S/C19H21Cl2N5O4S2/c1-2-29-17-15(26-6-12(24-25-26)13-8-31-19(22)23-13)16(28)14(7-27)30-18(17)32-9-3-4-10(20)11(21)5-9/h3-6,8,14-18,27-28H,2,7H2,1H3,(H2,22,23)/t14?,15?,16-,17?,18+/m0/s1. The zero-order valence-corrected chi connectivity index (χ0v) is 20.0. The number of rotatable bonds is 7. The highest BCUT2D eigenvalue weighted by atomic mass is 35.5. The van der Waals surface area contributed by atoms with Gasteiger partial charge in [0.1, 0.15) is 41.2 Å². The number of aliphatic hydroxyl groups excluding tert-OH is 2. The summed E-state index contributed by atoms with van der Waals surface area (Å²) in [5.41, 5.74) is 6.26. The van der Waals surface area contributed by atoms with Crippen molar-refractivity contribution in [3.8, 4) is 11.4 Å². The number of hydrogen-bond donors (Lipinski definition) is 3. The zero-order chi connectivity index (χ0) is 22.8. The molecule has 13 heteroatoms. The Kier molecular flexibility index (Phi) is 7.58. The number of thiazole rings is 1. The number of nitrogens with zero attached hydrogens (tertiary/aromatic N) is 4. The molecule has 4 N–H and O–H groups in total. The molecule has 1 saturated heterocycles. The second kappa shape index (κ2) is 10.2. The van der Waals surface area contributed by atoms with Gasteiger partial charge in [-0.3, -0.25) is 0 Å². The first-order valence-electron chi connectivity index (χ1n) is 9.72. The molecule has 3 heterocycles. The van der Waals surface area contributed by atoms with Gasteiger partial charge < -0.3 is 25.4 Å². The zero-order valence-electron chi connectivity index (χ0n) is 16.8. The number of halogens is 2. The Morgan fingerprint density at radius 3 is 2.78 bits per heavy atom. The molecule has 3 aromatic rings. The van der Waals surface area contributed by atoms with Crippen LogP contribution in [0.2, 0.25) is 10.0 Å². The average molecular weight is 518 g/mol. The highest BCUT2D eigenvalue weighted by Crippen LogP contribution is 2.41. The quantitative estimate of drug-likeness (QED) is 0.432. The number of hydrogen-bond acceptors (Lipinski definition) is 10. The van der Waals surface area contributed by atoms with E-state index in [0.717, 1.165) is 4.90 Å². The molecule has 2 aromatic heterocycles. The molecule has 32 heavy (non-hydrogen) atoms. The first-order valence-corrected chi connectivity index (χ1v) is 12.2. The molecule has 5 atom stereocenters. The average Bonchev–Trinajstić information content (AvgIpc) is 3.42. The van der Waals surface area contributed by atoms with Crippen molar-refractivity contribution < 1.29 is 19.7 Å². The molecule has 4 rings (SSSR count). The van der Waals surface area contributed by atoms with Crippen LogP contribution in [0.3, 0.4) is 0 Å². The van der Waals surface area contributed by atoms with Crippen LogP contribution in [0.1, 0.15) is 13.0 Å². The molecule has 1 fully saturated rings. The molecule has 1 aliphatic heterocycles. The fourth-order valence-electron chi connectivity index (χ4n) is 3.46. The third-order valence-electron chi connectivity index (χ3n) is 4.93. The molecule has 0 saturated carbocycles. The lowest BCUT2D eigenvalue weighted by molar-refractivity contribution is -0.191. The Morgan fingerprint density at radius 1 is 1.31 bits per heavy atom. The lowest BCUT2D eigenvalue weighted by atomic mass is 9.97. The SMILES string of the molecule is CCOC1C(n2cc(-c3csc(N)n3)nn2)[C@@H](O)C(CO)O[C@@H]1Sc1ccc(Cl)c(Cl)c1. The number of benzene rings is 1. The Hall–Kier alpha value is -1.44. The molecular weight excluding hydrogens is 497 g/mol. The monoisotopic (exact) mass is 517 g/mol. The summed E-state index contributed by atoms with van der Waals surface area (Å²) in [5, 5.41) is 32.3. The van der Waals surface area contributed by atoms with Crippen molar-refractivity contribution in [2.24, 2.45) is 0 Å². The summed E-state index contributed by atoms with van der Waals surface area (Å²) in [6.07, 6.45) is -0.862. The van der Waals surface area contributed by atoms with Gasteiger partial charge >= 0.3 is 0 Å². The van der Waals surface area contributed by atoms with Gasteiger partial charge in [0, 0.05) is 16.9 Å². The van der Waals surface area contributed by atoms with Crippen molar-refractivity contribution >= 4 is 51.4 Å². The number of ether oxygens (including phenoxy) is 2. The topological polar surface area (TPSA) is 129 Å². The van der Waals surface area contributed by atoms with Crippen molar-refractivity contribution in [3.63, 3.8) is 0 Å². The summed E-state index contributed by atoms with van der Waals surface area (Å²) < 4.78 is 13.5. The van der Waals surface area contributed by atoms with E-state index in [1.54, 1.807) is 23.7 Å². The van der Waals surface area contributed by atoms with Gasteiger partial charge in [-0.1, -0.05) is 40.2 Å². The van der Waals surface area contributed by atoms with E-state index in [9.17, 15) is 10.2 Å². The van der Waals surface area contributed by atoms with Crippen molar-refractivity contribution in [2.45, 2.75) is 41.6 Å². The van der Waals surface area contributed by atoms with E-state index in [1.165, 1.54) is 27.8 Å². The maximum atomic E-state index is 11.0. The summed E-state index contributed by atoms with van der Waals surface area (Å²) in [4.78, 5) is 5.03. The van der Waals surface area contributed by atoms with Crippen molar-refractivity contribution in [1.82, 2.24) is 20.0 Å². The van der Waals surface area contributed by atoms with Crippen LogP contribution in [-0.4, -0.2) is 67.2 Å². The third-order valence-corrected chi connectivity index (χ3v) is 7.48. The Labute approximate surface area is 202 Å². The smallest absolute Gasteiger partial charge is 0.180 e. The number of nitrogens with two attached hydrogens (primary N) is 1. The van der Waals surface area contributed by atoms with E-state index < -0.39 is 29.8 Å². The Bertz CT molecular complexity index is 1070. The molecule has 0 radical (unpaired) electrons. The Balaban J connectivity index is 1.66. The van der Waals surface area contributed by atoms with E-state index in [2.05, 4.69) is 15.3 Å². The minimum Gasteiger partial charge on any atom is -0.394 e. The molecule has 0 aliphatic carbocycles. The lowest BCUT2D eigenvalue weighted by Crippen LogP contribution is -2.55. The van der Waals surface area contributed by atoms with E-state index in [1.807, 2.05) is 13.0 Å². The second-order valence-corrected chi connectivity index (χ2v) is 9.85. The van der Waals surface area contributed by atoms with Crippen LogP contribution in [0, 0.1) is 0 Å². The Morgan fingerprint density at radius 2 is 2.12 bits per heavy atom. The molecule has 9 nitrogen and oxygen atoms in total. The summed E-state index contributed by atoms with van der Waals surface area (Å²) in [6.45, 7) is 1.86. The van der Waals surface area contributed by atoms with Crippen molar-refractivity contribution in [2.75, 3.05) is 18.9 Å². The van der Waals surface area contributed by atoms with Crippen LogP contribution in [0.4, 0.5) is 5.13 Å². The minimum atomic E-state index is -1.09. The number of aliphatic hydroxyl groups is 2. The largest absolute Gasteiger partial charge is 0.394 e. The number of thioether (sulfide) groups is 1. The molecule has 0 bridgehead atoms. The molecule has 1 aromatic carbocycles. The molecular formula is C19H21Cl2N5O4S2. The van der Waals surface area contributed by atoms with Crippen molar-refractivity contribution in [3.05, 3.63) is 39.8 Å². The van der Waals surface area contributed by atoms with Gasteiger partial charge in [0.25, 0.3) is 0 Å². The highest BCUT2D eigenvalue weighted by molar-refractivity contribution is 7.99. The van der Waals surface area contributed by atoms with Crippen LogP contribution in [0.15, 0.2) is 34.7 Å². The third kappa shape index (κ3) is 4.90. The van der Waals surface area contributed by atoms with E-state index in [0.29, 0.717) is 33.2 Å². The highest BCUT2D eigenvalue weighted by Gasteiger charge is 2.47. The fraction of sp³-hybridized carbons (Fsp3) is 0.421.